The van der Waals surface area contributed by atoms with Gasteiger partial charge in [-0.1, -0.05) is 0 Å². The Kier molecular flexibility index (Phi) is 3.21. The molecule has 1 N–H and O–H groups in total. The van der Waals surface area contributed by atoms with Crippen LogP contribution in [0.25, 0.3) is 0 Å². The number of thioether (sulfide) groups is 1. The molecule has 2 amide bonds. The van der Waals surface area contributed by atoms with E-state index < -0.39 is 0 Å². The molecule has 22 heavy (non-hydrogen) atoms. The molecule has 3 aliphatic rings. The molecule has 4 rings (SSSR count). The third-order valence-corrected chi connectivity index (χ3v) is 6.53. The Morgan fingerprint density at radius 3 is 3.23 bits per heavy atom. The fraction of sp³-hybridized carbons (Fsp3) is 0.667. The van der Waals surface area contributed by atoms with Crippen molar-refractivity contribution >= 4 is 23.6 Å². The molecule has 6 nitrogen and oxygen atoms in total. The molecular formula is C15H20N4O2S. The van der Waals surface area contributed by atoms with Crippen LogP contribution in [0, 0.1) is 0 Å². The van der Waals surface area contributed by atoms with E-state index in [2.05, 4.69) is 21.8 Å². The second-order valence-corrected chi connectivity index (χ2v) is 8.01. The lowest BCUT2D eigenvalue weighted by Crippen LogP contribution is -2.53. The molecule has 3 atom stereocenters. The van der Waals surface area contributed by atoms with Gasteiger partial charge in [-0.05, 0) is 19.8 Å². The Labute approximate surface area is 133 Å². The molecule has 0 aromatic carbocycles. The van der Waals surface area contributed by atoms with Crippen LogP contribution in [0.4, 0.5) is 0 Å². The standard InChI is InChI=1S/C15H20N4O2S/c1-15-5-4-13(20)19(15)11(9-22-15)14(21)17-10-2-3-12-16-6-7-18(12)8-10/h6-7,10-11H,2-5,8-9H2,1H3,(H,17,21)/t10-,11+,15-/m0/s1. The fourth-order valence-electron chi connectivity index (χ4n) is 3.80. The molecule has 4 heterocycles. The van der Waals surface area contributed by atoms with Gasteiger partial charge in [0.15, 0.2) is 0 Å². The number of fused-ring (bicyclic) bond motifs is 2. The summed E-state index contributed by atoms with van der Waals surface area (Å²) in [7, 11) is 0. The average Bonchev–Trinajstić information content (AvgIpc) is 3.15. The second kappa shape index (κ2) is 5.01. The highest BCUT2D eigenvalue weighted by Crippen LogP contribution is 2.47. The summed E-state index contributed by atoms with van der Waals surface area (Å²) in [6.45, 7) is 2.85. The molecule has 1 aromatic heterocycles. The van der Waals surface area contributed by atoms with Crippen LogP contribution in [0.15, 0.2) is 12.4 Å². The van der Waals surface area contributed by atoms with Crippen molar-refractivity contribution in [1.29, 1.82) is 0 Å². The molecule has 3 aliphatic heterocycles. The number of rotatable bonds is 2. The minimum atomic E-state index is -0.311. The van der Waals surface area contributed by atoms with Crippen LogP contribution in [0.2, 0.25) is 0 Å². The number of aromatic nitrogens is 2. The third kappa shape index (κ3) is 2.14. The van der Waals surface area contributed by atoms with Crippen LogP contribution in [0.3, 0.4) is 0 Å². The number of nitrogens with one attached hydrogen (secondary N) is 1. The van der Waals surface area contributed by atoms with Crippen LogP contribution in [-0.2, 0) is 22.6 Å². The van der Waals surface area contributed by atoms with Crippen LogP contribution < -0.4 is 5.32 Å². The molecule has 2 saturated heterocycles. The number of carbonyl (C=O) groups is 2. The summed E-state index contributed by atoms with van der Waals surface area (Å²) in [6.07, 6.45) is 6.98. The number of amides is 2. The molecule has 2 fully saturated rings. The van der Waals surface area contributed by atoms with Gasteiger partial charge < -0.3 is 14.8 Å². The highest BCUT2D eigenvalue weighted by Gasteiger charge is 2.53. The lowest BCUT2D eigenvalue weighted by molar-refractivity contribution is -0.138. The summed E-state index contributed by atoms with van der Waals surface area (Å²) in [6, 6.07) is -0.182. The smallest absolute Gasteiger partial charge is 0.243 e. The van der Waals surface area contributed by atoms with E-state index in [0.717, 1.165) is 31.6 Å². The molecule has 0 bridgehead atoms. The summed E-state index contributed by atoms with van der Waals surface area (Å²) in [5.74, 6) is 1.91. The van der Waals surface area contributed by atoms with E-state index >= 15 is 0 Å². The predicted molar refractivity (Wildman–Crippen MR) is 83.2 cm³/mol. The summed E-state index contributed by atoms with van der Waals surface area (Å²) in [5.41, 5.74) is 0. The Balaban J connectivity index is 1.44. The molecule has 1 aromatic rings. The maximum atomic E-state index is 12.7. The molecule has 0 unspecified atom stereocenters. The van der Waals surface area contributed by atoms with E-state index in [4.69, 9.17) is 0 Å². The monoisotopic (exact) mass is 320 g/mol. The van der Waals surface area contributed by atoms with E-state index in [0.29, 0.717) is 12.2 Å². The van der Waals surface area contributed by atoms with Crippen molar-refractivity contribution in [2.75, 3.05) is 5.75 Å². The summed E-state index contributed by atoms with van der Waals surface area (Å²) in [4.78, 5) is 30.7. The number of hydrogen-bond acceptors (Lipinski definition) is 4. The van der Waals surface area contributed by atoms with Crippen LogP contribution in [-0.4, -0.2) is 49.0 Å². The highest BCUT2D eigenvalue weighted by molar-refractivity contribution is 8.01. The number of imidazole rings is 1. The van der Waals surface area contributed by atoms with Gasteiger partial charge in [0.25, 0.3) is 0 Å². The van der Waals surface area contributed by atoms with E-state index in [-0.39, 0.29) is 28.8 Å². The first-order valence-electron chi connectivity index (χ1n) is 7.83. The van der Waals surface area contributed by atoms with Crippen molar-refractivity contribution < 1.29 is 9.59 Å². The second-order valence-electron chi connectivity index (χ2n) is 6.51. The Morgan fingerprint density at radius 1 is 1.50 bits per heavy atom. The van der Waals surface area contributed by atoms with E-state index in [1.165, 1.54) is 0 Å². The van der Waals surface area contributed by atoms with Crippen molar-refractivity contribution in [3.63, 3.8) is 0 Å². The van der Waals surface area contributed by atoms with Gasteiger partial charge in [-0.3, -0.25) is 9.59 Å². The highest BCUT2D eigenvalue weighted by atomic mass is 32.2. The summed E-state index contributed by atoms with van der Waals surface area (Å²) in [5, 5.41) is 3.15. The zero-order chi connectivity index (χ0) is 15.3. The molecular weight excluding hydrogens is 300 g/mol. The Bertz CT molecular complexity index is 631. The van der Waals surface area contributed by atoms with E-state index in [9.17, 15) is 9.59 Å². The predicted octanol–water partition coefficient (Wildman–Crippen LogP) is 0.768. The number of hydrogen-bond donors (Lipinski definition) is 1. The maximum Gasteiger partial charge on any atom is 0.243 e. The van der Waals surface area contributed by atoms with Gasteiger partial charge >= 0.3 is 0 Å². The first kappa shape index (κ1) is 14.1. The topological polar surface area (TPSA) is 67.2 Å². The zero-order valence-electron chi connectivity index (χ0n) is 12.6. The molecule has 0 saturated carbocycles. The normalized spacial score (nSPS) is 33.7. The number of nitrogens with zero attached hydrogens (tertiary/aromatic N) is 3. The lowest BCUT2D eigenvalue weighted by Gasteiger charge is -2.31. The zero-order valence-corrected chi connectivity index (χ0v) is 13.4. The summed E-state index contributed by atoms with van der Waals surface area (Å²) >= 11 is 1.74. The van der Waals surface area contributed by atoms with Gasteiger partial charge in [-0.25, -0.2) is 4.98 Å². The fourth-order valence-corrected chi connectivity index (χ4v) is 5.23. The van der Waals surface area contributed by atoms with Gasteiger partial charge in [0.05, 0.1) is 4.87 Å². The van der Waals surface area contributed by atoms with E-state index in [1.54, 1.807) is 11.8 Å². The van der Waals surface area contributed by atoms with Crippen LogP contribution in [0.5, 0.6) is 0 Å². The van der Waals surface area contributed by atoms with Gasteiger partial charge in [0.2, 0.25) is 11.8 Å². The van der Waals surface area contributed by atoms with Crippen LogP contribution >= 0.6 is 11.8 Å². The van der Waals surface area contributed by atoms with Crippen molar-refractivity contribution in [3.8, 4) is 0 Å². The largest absolute Gasteiger partial charge is 0.350 e. The van der Waals surface area contributed by atoms with Gasteiger partial charge in [0, 0.05) is 43.6 Å². The molecule has 7 heteroatoms. The molecule has 118 valence electrons. The lowest BCUT2D eigenvalue weighted by atomic mass is 10.1. The van der Waals surface area contributed by atoms with Crippen molar-refractivity contribution in [2.24, 2.45) is 0 Å². The number of carbonyl (C=O) groups excluding carboxylic acids is 2. The first-order chi connectivity index (χ1) is 10.6. The van der Waals surface area contributed by atoms with Gasteiger partial charge in [-0.15, -0.1) is 11.8 Å². The van der Waals surface area contributed by atoms with Crippen molar-refractivity contribution in [1.82, 2.24) is 19.8 Å². The Morgan fingerprint density at radius 2 is 2.36 bits per heavy atom. The van der Waals surface area contributed by atoms with E-state index in [1.807, 2.05) is 17.3 Å². The Hall–Kier alpha value is -1.50. The van der Waals surface area contributed by atoms with Crippen LogP contribution in [0.1, 0.15) is 32.0 Å². The average molecular weight is 320 g/mol. The minimum absolute atomic E-state index is 0.0000373. The molecule has 0 spiro atoms. The SMILES string of the molecule is C[C@]12CCC(=O)N1[C@@H](C(=O)N[C@H]1CCc3nccn3C1)CS2. The van der Waals surface area contributed by atoms with Crippen molar-refractivity contribution in [3.05, 3.63) is 18.2 Å². The van der Waals surface area contributed by atoms with Crippen molar-refractivity contribution in [2.45, 2.75) is 56.1 Å². The molecule has 0 radical (unpaired) electrons. The maximum absolute atomic E-state index is 12.7. The van der Waals surface area contributed by atoms with Gasteiger partial charge in [0.1, 0.15) is 11.9 Å². The third-order valence-electron chi connectivity index (χ3n) is 5.03. The quantitative estimate of drug-likeness (QED) is 0.874. The minimum Gasteiger partial charge on any atom is -0.350 e. The number of aryl methyl sites for hydroxylation is 1. The first-order valence-corrected chi connectivity index (χ1v) is 8.82. The van der Waals surface area contributed by atoms with Gasteiger partial charge in [-0.2, -0.15) is 0 Å². The molecule has 0 aliphatic carbocycles. The summed E-state index contributed by atoms with van der Waals surface area (Å²) < 4.78 is 2.10.